The third-order valence-corrected chi connectivity index (χ3v) is 6.28. The molecule has 0 radical (unpaired) electrons. The molecule has 168 valence electrons. The molecule has 1 aromatic heterocycles. The van der Waals surface area contributed by atoms with Gasteiger partial charge in [-0.15, -0.1) is 0 Å². The monoisotopic (exact) mass is 481 g/mol. The fourth-order valence-electron chi connectivity index (χ4n) is 3.37. The van der Waals surface area contributed by atoms with E-state index in [9.17, 15) is 14.4 Å². The lowest BCUT2D eigenvalue weighted by Crippen LogP contribution is -2.19. The first-order valence-corrected chi connectivity index (χ1v) is 11.3. The van der Waals surface area contributed by atoms with Gasteiger partial charge in [-0.1, -0.05) is 47.2 Å². The number of carbonyl (C=O) groups is 2. The highest BCUT2D eigenvalue weighted by Crippen LogP contribution is 2.29. The number of nitrogens with zero attached hydrogens (tertiary/aromatic N) is 1. The second-order valence-corrected chi connectivity index (χ2v) is 8.53. The number of halogens is 1. The third-order valence-electron chi connectivity index (χ3n) is 4.99. The topological polar surface area (TPSA) is 89.4 Å². The van der Waals surface area contributed by atoms with Crippen molar-refractivity contribution in [2.24, 2.45) is 0 Å². The Hall–Kier alpha value is -3.62. The van der Waals surface area contributed by atoms with Crippen molar-refractivity contribution in [3.8, 4) is 5.75 Å². The second kappa shape index (κ2) is 9.89. The number of anilines is 2. The van der Waals surface area contributed by atoms with Gasteiger partial charge in [-0.2, -0.15) is 0 Å². The summed E-state index contributed by atoms with van der Waals surface area (Å²) in [6.07, 6.45) is 0.133. The molecule has 9 heteroatoms. The molecule has 7 nitrogen and oxygen atoms in total. The van der Waals surface area contributed by atoms with Crippen molar-refractivity contribution in [3.63, 3.8) is 0 Å². The number of methoxy groups -OCH3 is 1. The molecule has 0 bridgehead atoms. The molecule has 0 fully saturated rings. The van der Waals surface area contributed by atoms with Crippen LogP contribution in [0.3, 0.4) is 0 Å². The Kier molecular flexibility index (Phi) is 6.76. The predicted octanol–water partition coefficient (Wildman–Crippen LogP) is 5.01. The molecule has 4 rings (SSSR count). The molecule has 4 aromatic rings. The Morgan fingerprint density at radius 2 is 1.79 bits per heavy atom. The average Bonchev–Trinajstić information content (AvgIpc) is 3.13. The molecule has 0 aliphatic heterocycles. The van der Waals surface area contributed by atoms with Crippen LogP contribution in [0.25, 0.3) is 10.2 Å². The van der Waals surface area contributed by atoms with E-state index in [4.69, 9.17) is 16.3 Å². The van der Waals surface area contributed by atoms with Crippen molar-refractivity contribution >= 4 is 56.3 Å². The minimum Gasteiger partial charge on any atom is -0.494 e. The molecule has 2 amide bonds. The second-order valence-electron chi connectivity index (χ2n) is 7.13. The molecule has 0 atom stereocenters. The van der Waals surface area contributed by atoms with Gasteiger partial charge in [-0.05, 0) is 36.4 Å². The van der Waals surface area contributed by atoms with E-state index in [2.05, 4.69) is 10.6 Å². The number of carbonyl (C=O) groups excluding carboxylic acids is 2. The van der Waals surface area contributed by atoms with Crippen LogP contribution in [-0.4, -0.2) is 23.5 Å². The van der Waals surface area contributed by atoms with Gasteiger partial charge in [0.2, 0.25) is 5.91 Å². The molecule has 0 saturated heterocycles. The van der Waals surface area contributed by atoms with Gasteiger partial charge < -0.3 is 15.4 Å². The Morgan fingerprint density at radius 3 is 2.58 bits per heavy atom. The van der Waals surface area contributed by atoms with Gasteiger partial charge in [0.15, 0.2) is 0 Å². The summed E-state index contributed by atoms with van der Waals surface area (Å²) in [6, 6.07) is 19.1. The molecule has 1 heterocycles. The number of nitrogens with one attached hydrogen (secondary N) is 2. The normalized spacial score (nSPS) is 10.7. The quantitative estimate of drug-likeness (QED) is 0.388. The number of hydrogen-bond acceptors (Lipinski definition) is 5. The van der Waals surface area contributed by atoms with E-state index in [1.165, 1.54) is 7.11 Å². The molecule has 33 heavy (non-hydrogen) atoms. The summed E-state index contributed by atoms with van der Waals surface area (Å²) in [4.78, 5) is 37.2. The number of para-hydroxylation sites is 1. The number of fused-ring (bicyclic) bond motifs is 1. The summed E-state index contributed by atoms with van der Waals surface area (Å²) in [5.41, 5.74) is 2.11. The molecule has 0 spiro atoms. The summed E-state index contributed by atoms with van der Waals surface area (Å²) in [5, 5.41) is 5.91. The van der Waals surface area contributed by atoms with Crippen molar-refractivity contribution in [2.45, 2.75) is 13.0 Å². The van der Waals surface area contributed by atoms with Crippen molar-refractivity contribution in [1.82, 2.24) is 4.57 Å². The van der Waals surface area contributed by atoms with Crippen LogP contribution in [0, 0.1) is 0 Å². The standard InChI is InChI=1S/C24H20ClN3O4S/c1-32-20-14-15(10-11-18(20)27-23(30)16-6-2-3-7-17(16)25)26-22(29)12-13-28-19-8-4-5-9-21(19)33-24(28)31/h2-11,14H,12-13H2,1H3,(H,26,29)(H,27,30). The van der Waals surface area contributed by atoms with Crippen LogP contribution < -0.4 is 20.2 Å². The van der Waals surface area contributed by atoms with E-state index >= 15 is 0 Å². The third kappa shape index (κ3) is 5.08. The van der Waals surface area contributed by atoms with E-state index < -0.39 is 0 Å². The lowest BCUT2D eigenvalue weighted by atomic mass is 10.2. The maximum atomic E-state index is 12.5. The van der Waals surface area contributed by atoms with E-state index in [1.54, 1.807) is 47.0 Å². The molecule has 0 unspecified atom stereocenters. The molecular formula is C24H20ClN3O4S. The number of thiazole rings is 1. The van der Waals surface area contributed by atoms with Crippen LogP contribution in [0.15, 0.2) is 71.5 Å². The molecule has 0 aliphatic rings. The maximum absolute atomic E-state index is 12.5. The van der Waals surface area contributed by atoms with E-state index in [0.717, 1.165) is 21.6 Å². The fourth-order valence-corrected chi connectivity index (χ4v) is 4.51. The average molecular weight is 482 g/mol. The first-order chi connectivity index (χ1) is 16.0. The largest absolute Gasteiger partial charge is 0.494 e. The van der Waals surface area contributed by atoms with Crippen LogP contribution >= 0.6 is 22.9 Å². The number of benzene rings is 3. The van der Waals surface area contributed by atoms with E-state index in [0.29, 0.717) is 27.7 Å². The maximum Gasteiger partial charge on any atom is 0.308 e. The minimum atomic E-state index is -0.371. The highest BCUT2D eigenvalue weighted by Gasteiger charge is 2.14. The van der Waals surface area contributed by atoms with Gasteiger partial charge in [0.25, 0.3) is 5.91 Å². The van der Waals surface area contributed by atoms with Crippen LogP contribution in [0.4, 0.5) is 11.4 Å². The molecule has 0 saturated carbocycles. The Bertz CT molecular complexity index is 1400. The molecule has 3 aromatic carbocycles. The lowest BCUT2D eigenvalue weighted by Gasteiger charge is -2.13. The van der Waals surface area contributed by atoms with Gasteiger partial charge in [0.1, 0.15) is 5.75 Å². The van der Waals surface area contributed by atoms with Gasteiger partial charge >= 0.3 is 4.87 Å². The number of amides is 2. The van der Waals surface area contributed by atoms with Crippen molar-refractivity contribution in [3.05, 3.63) is 87.0 Å². The van der Waals surface area contributed by atoms with Crippen LogP contribution in [0.1, 0.15) is 16.8 Å². The van der Waals surface area contributed by atoms with Gasteiger partial charge in [-0.25, -0.2) is 0 Å². The summed E-state index contributed by atoms with van der Waals surface area (Å²) in [6.45, 7) is 0.276. The van der Waals surface area contributed by atoms with Gasteiger partial charge in [0.05, 0.1) is 33.6 Å². The predicted molar refractivity (Wildman–Crippen MR) is 132 cm³/mol. The van der Waals surface area contributed by atoms with E-state index in [-0.39, 0.29) is 29.7 Å². The zero-order valence-corrected chi connectivity index (χ0v) is 19.2. The molecule has 0 aliphatic carbocycles. The van der Waals surface area contributed by atoms with Crippen molar-refractivity contribution in [2.75, 3.05) is 17.7 Å². The minimum absolute atomic E-state index is 0.0933. The molecule has 2 N–H and O–H groups in total. The first kappa shape index (κ1) is 22.6. The summed E-state index contributed by atoms with van der Waals surface area (Å²) in [5.74, 6) is -0.232. The van der Waals surface area contributed by atoms with Crippen LogP contribution in [0.2, 0.25) is 5.02 Å². The number of aryl methyl sites for hydroxylation is 1. The van der Waals surface area contributed by atoms with Crippen molar-refractivity contribution < 1.29 is 14.3 Å². The zero-order chi connectivity index (χ0) is 23.4. The molecular weight excluding hydrogens is 462 g/mol. The lowest BCUT2D eigenvalue weighted by molar-refractivity contribution is -0.116. The first-order valence-electron chi connectivity index (χ1n) is 10.1. The highest BCUT2D eigenvalue weighted by molar-refractivity contribution is 7.16. The summed E-state index contributed by atoms with van der Waals surface area (Å²) in [7, 11) is 1.47. The van der Waals surface area contributed by atoms with Gasteiger partial charge in [-0.3, -0.25) is 19.0 Å². The number of ether oxygens (including phenoxy) is 1. The number of rotatable bonds is 7. The zero-order valence-electron chi connectivity index (χ0n) is 17.6. The van der Waals surface area contributed by atoms with E-state index in [1.807, 2.05) is 24.3 Å². The number of hydrogen-bond donors (Lipinski definition) is 2. The Balaban J connectivity index is 1.42. The van der Waals surface area contributed by atoms with Crippen LogP contribution in [-0.2, 0) is 11.3 Å². The SMILES string of the molecule is COc1cc(NC(=O)CCn2c(=O)sc3ccccc32)ccc1NC(=O)c1ccccc1Cl. The number of aromatic nitrogens is 1. The Labute approximate surface area is 198 Å². The Morgan fingerprint density at radius 1 is 1.03 bits per heavy atom. The summed E-state index contributed by atoms with van der Waals surface area (Å²) >= 11 is 7.25. The highest BCUT2D eigenvalue weighted by atomic mass is 35.5. The van der Waals surface area contributed by atoms with Crippen molar-refractivity contribution in [1.29, 1.82) is 0 Å². The van der Waals surface area contributed by atoms with Gasteiger partial charge in [0, 0.05) is 24.7 Å². The smallest absolute Gasteiger partial charge is 0.308 e. The fraction of sp³-hybridized carbons (Fsp3) is 0.125. The summed E-state index contributed by atoms with van der Waals surface area (Å²) < 4.78 is 7.87. The van der Waals surface area contributed by atoms with Crippen LogP contribution in [0.5, 0.6) is 5.75 Å².